The zero-order chi connectivity index (χ0) is 20.3. The minimum absolute atomic E-state index is 0.0677. The Balaban J connectivity index is 1.10. The van der Waals surface area contributed by atoms with Gasteiger partial charge in [-0.25, -0.2) is 0 Å². The lowest BCUT2D eigenvalue weighted by atomic mass is 10.1. The lowest BCUT2D eigenvalue weighted by Crippen LogP contribution is -2.45. The van der Waals surface area contributed by atoms with Gasteiger partial charge in [-0.2, -0.15) is 0 Å². The van der Waals surface area contributed by atoms with Crippen LogP contribution in [0, 0.1) is 0 Å². The van der Waals surface area contributed by atoms with Crippen LogP contribution in [-0.2, 0) is 17.8 Å². The molecular weight excluding hydrogens is 402 g/mol. The fraction of sp³-hybridized carbons (Fsp3) is 0.571. The second-order valence-corrected chi connectivity index (χ2v) is 9.20. The van der Waals surface area contributed by atoms with Crippen LogP contribution in [0.3, 0.4) is 0 Å². The molecule has 2 fully saturated rings. The standard InChI is InChI=1S/C21H27N5O3S/c27-19(22-16-3-1-2-4-16)12-20-23-24-21(30-20)26-9-7-25(8-10-26)13-15-5-6-17-18(11-15)29-14-28-17/h5-6,11,16H,1-4,7-10,12-14H2,(H,22,27). The lowest BCUT2D eigenvalue weighted by molar-refractivity contribution is -0.121. The van der Waals surface area contributed by atoms with Gasteiger partial charge >= 0.3 is 0 Å². The summed E-state index contributed by atoms with van der Waals surface area (Å²) in [6.45, 7) is 4.95. The molecule has 1 saturated heterocycles. The molecule has 1 N–H and O–H groups in total. The van der Waals surface area contributed by atoms with E-state index < -0.39 is 0 Å². The maximum atomic E-state index is 12.2. The molecule has 1 saturated carbocycles. The van der Waals surface area contributed by atoms with E-state index in [0.29, 0.717) is 19.3 Å². The predicted molar refractivity (Wildman–Crippen MR) is 114 cm³/mol. The molecular formula is C21H27N5O3S. The Hall–Kier alpha value is -2.39. The summed E-state index contributed by atoms with van der Waals surface area (Å²) in [6.07, 6.45) is 4.97. The Morgan fingerprint density at radius 2 is 1.90 bits per heavy atom. The number of nitrogens with one attached hydrogen (secondary N) is 1. The SMILES string of the molecule is O=C(Cc1nnc(N2CCN(Cc3ccc4c(c3)OCO4)CC2)s1)NC1CCCC1. The molecule has 9 heteroatoms. The first-order valence-electron chi connectivity index (χ1n) is 10.7. The van der Waals surface area contributed by atoms with Gasteiger partial charge < -0.3 is 19.7 Å². The fourth-order valence-electron chi connectivity index (χ4n) is 4.32. The van der Waals surface area contributed by atoms with Crippen LogP contribution in [-0.4, -0.2) is 60.0 Å². The van der Waals surface area contributed by atoms with Crippen molar-refractivity contribution < 1.29 is 14.3 Å². The molecule has 2 aromatic rings. The summed E-state index contributed by atoms with van der Waals surface area (Å²) in [5.74, 6) is 1.73. The van der Waals surface area contributed by atoms with Gasteiger partial charge in [-0.1, -0.05) is 30.2 Å². The molecule has 1 aromatic heterocycles. The van der Waals surface area contributed by atoms with Crippen molar-refractivity contribution in [2.45, 2.75) is 44.7 Å². The minimum Gasteiger partial charge on any atom is -0.454 e. The summed E-state index contributed by atoms with van der Waals surface area (Å²) in [6, 6.07) is 6.51. The zero-order valence-corrected chi connectivity index (χ0v) is 17.8. The normalized spacial score (nSPS) is 19.4. The van der Waals surface area contributed by atoms with Gasteiger partial charge in [-0.05, 0) is 30.5 Å². The summed E-state index contributed by atoms with van der Waals surface area (Å²) < 4.78 is 10.9. The van der Waals surface area contributed by atoms with Gasteiger partial charge in [-0.15, -0.1) is 10.2 Å². The topological polar surface area (TPSA) is 79.8 Å². The third-order valence-electron chi connectivity index (χ3n) is 5.97. The van der Waals surface area contributed by atoms with Gasteiger partial charge in [0.15, 0.2) is 11.5 Å². The number of hydrogen-bond donors (Lipinski definition) is 1. The van der Waals surface area contributed by atoms with Crippen molar-refractivity contribution in [2.75, 3.05) is 37.9 Å². The largest absolute Gasteiger partial charge is 0.454 e. The molecule has 0 atom stereocenters. The van der Waals surface area contributed by atoms with Crippen molar-refractivity contribution >= 4 is 22.4 Å². The molecule has 0 spiro atoms. The fourth-order valence-corrected chi connectivity index (χ4v) is 5.21. The van der Waals surface area contributed by atoms with E-state index in [1.54, 1.807) is 0 Å². The van der Waals surface area contributed by atoms with Crippen LogP contribution in [0.25, 0.3) is 0 Å². The maximum absolute atomic E-state index is 12.2. The van der Waals surface area contributed by atoms with Crippen molar-refractivity contribution in [1.82, 2.24) is 20.4 Å². The number of fused-ring (bicyclic) bond motifs is 1. The monoisotopic (exact) mass is 429 g/mol. The van der Waals surface area contributed by atoms with Gasteiger partial charge in [0.1, 0.15) is 5.01 Å². The number of hydrogen-bond acceptors (Lipinski definition) is 8. The van der Waals surface area contributed by atoms with E-state index in [2.05, 4.69) is 37.4 Å². The van der Waals surface area contributed by atoms with E-state index in [9.17, 15) is 4.79 Å². The molecule has 30 heavy (non-hydrogen) atoms. The number of amides is 1. The van der Waals surface area contributed by atoms with Crippen LogP contribution in [0.2, 0.25) is 0 Å². The molecule has 160 valence electrons. The number of rotatable bonds is 6. The summed E-state index contributed by atoms with van der Waals surface area (Å²) >= 11 is 1.54. The van der Waals surface area contributed by atoms with E-state index in [4.69, 9.17) is 9.47 Å². The third kappa shape index (κ3) is 4.52. The van der Waals surface area contributed by atoms with Crippen LogP contribution in [0.5, 0.6) is 11.5 Å². The van der Waals surface area contributed by atoms with E-state index in [1.807, 2.05) is 6.07 Å². The Kier molecular flexibility index (Phi) is 5.72. The van der Waals surface area contributed by atoms with E-state index in [-0.39, 0.29) is 5.91 Å². The maximum Gasteiger partial charge on any atom is 0.231 e. The number of benzene rings is 1. The van der Waals surface area contributed by atoms with Gasteiger partial charge in [0.05, 0.1) is 6.42 Å². The molecule has 3 heterocycles. The van der Waals surface area contributed by atoms with Crippen molar-refractivity contribution in [3.8, 4) is 11.5 Å². The van der Waals surface area contributed by atoms with Gasteiger partial charge in [0, 0.05) is 38.8 Å². The van der Waals surface area contributed by atoms with Gasteiger partial charge in [-0.3, -0.25) is 9.69 Å². The molecule has 1 aliphatic carbocycles. The Labute approximate surface area is 180 Å². The van der Waals surface area contributed by atoms with Gasteiger partial charge in [0.25, 0.3) is 0 Å². The van der Waals surface area contributed by atoms with Crippen LogP contribution >= 0.6 is 11.3 Å². The first-order chi connectivity index (χ1) is 14.7. The Bertz CT molecular complexity index is 891. The zero-order valence-electron chi connectivity index (χ0n) is 17.0. The highest BCUT2D eigenvalue weighted by atomic mass is 32.1. The van der Waals surface area contributed by atoms with Crippen molar-refractivity contribution in [2.24, 2.45) is 0 Å². The summed E-state index contributed by atoms with van der Waals surface area (Å²) in [5.41, 5.74) is 1.24. The Morgan fingerprint density at radius 3 is 2.73 bits per heavy atom. The van der Waals surface area contributed by atoms with E-state index in [1.165, 1.54) is 29.7 Å². The molecule has 0 radical (unpaired) electrons. The van der Waals surface area contributed by atoms with Crippen LogP contribution in [0.15, 0.2) is 18.2 Å². The molecule has 1 amide bonds. The Morgan fingerprint density at radius 1 is 1.10 bits per heavy atom. The smallest absolute Gasteiger partial charge is 0.231 e. The number of carbonyl (C=O) groups is 1. The lowest BCUT2D eigenvalue weighted by Gasteiger charge is -2.34. The highest BCUT2D eigenvalue weighted by Crippen LogP contribution is 2.33. The molecule has 0 unspecified atom stereocenters. The number of nitrogens with zero attached hydrogens (tertiary/aromatic N) is 4. The first-order valence-corrected chi connectivity index (χ1v) is 11.5. The second kappa shape index (κ2) is 8.77. The summed E-state index contributed by atoms with van der Waals surface area (Å²) in [5, 5.41) is 13.4. The molecule has 0 bridgehead atoms. The van der Waals surface area contributed by atoms with Crippen molar-refractivity contribution in [3.05, 3.63) is 28.8 Å². The number of anilines is 1. The van der Waals surface area contributed by atoms with Crippen LogP contribution in [0.4, 0.5) is 5.13 Å². The van der Waals surface area contributed by atoms with Crippen LogP contribution in [0.1, 0.15) is 36.3 Å². The molecule has 1 aromatic carbocycles. The third-order valence-corrected chi connectivity index (χ3v) is 6.96. The van der Waals surface area contributed by atoms with Gasteiger partial charge in [0.2, 0.25) is 17.8 Å². The van der Waals surface area contributed by atoms with E-state index in [0.717, 1.165) is 67.2 Å². The average molecular weight is 430 g/mol. The van der Waals surface area contributed by atoms with Crippen molar-refractivity contribution in [1.29, 1.82) is 0 Å². The number of carbonyl (C=O) groups excluding carboxylic acids is 1. The van der Waals surface area contributed by atoms with E-state index >= 15 is 0 Å². The number of aromatic nitrogens is 2. The number of ether oxygens (including phenoxy) is 2. The molecule has 3 aliphatic rings. The van der Waals surface area contributed by atoms with Crippen molar-refractivity contribution in [3.63, 3.8) is 0 Å². The molecule has 2 aliphatic heterocycles. The molecule has 5 rings (SSSR count). The highest BCUT2D eigenvalue weighted by molar-refractivity contribution is 7.15. The summed E-state index contributed by atoms with van der Waals surface area (Å²) in [4.78, 5) is 16.9. The minimum atomic E-state index is 0.0677. The average Bonchev–Trinajstić information content (AvgIpc) is 3.50. The molecule has 8 nitrogen and oxygen atoms in total. The highest BCUT2D eigenvalue weighted by Gasteiger charge is 2.23. The first kappa shape index (κ1) is 19.6. The van der Waals surface area contributed by atoms with Crippen LogP contribution < -0.4 is 19.7 Å². The number of piperazine rings is 1. The summed E-state index contributed by atoms with van der Waals surface area (Å²) in [7, 11) is 0. The second-order valence-electron chi connectivity index (χ2n) is 8.15. The quantitative estimate of drug-likeness (QED) is 0.754. The predicted octanol–water partition coefficient (Wildman–Crippen LogP) is 2.19.